The molecule has 2 N–H and O–H groups in total. The number of rotatable bonds is 1. The summed E-state index contributed by atoms with van der Waals surface area (Å²) in [5.74, 6) is -0.440. The van der Waals surface area contributed by atoms with Gasteiger partial charge < -0.3 is 5.73 Å². The van der Waals surface area contributed by atoms with Crippen LogP contribution in [0.15, 0.2) is 23.2 Å². The van der Waals surface area contributed by atoms with Crippen molar-refractivity contribution in [1.29, 1.82) is 0 Å². The van der Waals surface area contributed by atoms with E-state index in [-0.39, 0.29) is 5.41 Å². The molecule has 3 nitrogen and oxygen atoms in total. The third kappa shape index (κ3) is 1.73. The fraction of sp³-hybridized carbons (Fsp3) is 0.385. The molecule has 0 spiro atoms. The van der Waals surface area contributed by atoms with Crippen molar-refractivity contribution in [2.75, 3.05) is 0 Å². The van der Waals surface area contributed by atoms with Gasteiger partial charge in [-0.3, -0.25) is 9.79 Å². The largest absolute Gasteiger partial charge is 0.364 e. The number of nitrogens with two attached hydrogens (primary N) is 1. The summed E-state index contributed by atoms with van der Waals surface area (Å²) in [4.78, 5) is 15.4. The predicted octanol–water partition coefficient (Wildman–Crippen LogP) is 1.77. The van der Waals surface area contributed by atoms with E-state index in [9.17, 15) is 4.79 Å². The fourth-order valence-corrected chi connectivity index (χ4v) is 1.86. The number of amides is 1. The van der Waals surface area contributed by atoms with Gasteiger partial charge in [0, 0.05) is 5.56 Å². The van der Waals surface area contributed by atoms with E-state index in [1.165, 1.54) is 5.56 Å². The number of hydrogen-bond acceptors (Lipinski definition) is 2. The number of nitrogens with zero attached hydrogens (tertiary/aromatic N) is 1. The Balaban J connectivity index is 2.51. The Bertz CT molecular complexity index is 481. The number of fused-ring (bicyclic) bond motifs is 1. The van der Waals surface area contributed by atoms with Gasteiger partial charge in [-0.15, -0.1) is 0 Å². The summed E-state index contributed by atoms with van der Waals surface area (Å²) in [6.45, 7) is 7.00. The highest BCUT2D eigenvalue weighted by atomic mass is 16.1. The second-order valence-electron chi connectivity index (χ2n) is 5.15. The molecule has 1 amide bonds. The van der Waals surface area contributed by atoms with Crippen molar-refractivity contribution >= 4 is 11.6 Å². The van der Waals surface area contributed by atoms with Crippen molar-refractivity contribution in [3.05, 3.63) is 34.9 Å². The van der Waals surface area contributed by atoms with Gasteiger partial charge in [0.25, 0.3) is 5.91 Å². The average Bonchev–Trinajstić information content (AvgIpc) is 2.58. The molecule has 0 saturated carbocycles. The summed E-state index contributed by atoms with van der Waals surface area (Å²) in [5.41, 5.74) is 8.97. The molecule has 0 atom stereocenters. The van der Waals surface area contributed by atoms with E-state index < -0.39 is 5.91 Å². The minimum atomic E-state index is -0.440. The van der Waals surface area contributed by atoms with Gasteiger partial charge in [-0.2, -0.15) is 0 Å². The number of carbonyl (C=O) groups excluding carboxylic acids is 1. The van der Waals surface area contributed by atoms with Crippen molar-refractivity contribution < 1.29 is 4.79 Å². The molecule has 0 unspecified atom stereocenters. The first-order valence-electron chi connectivity index (χ1n) is 5.37. The summed E-state index contributed by atoms with van der Waals surface area (Å²) >= 11 is 0. The van der Waals surface area contributed by atoms with Gasteiger partial charge in [0.2, 0.25) is 0 Å². The summed E-state index contributed by atoms with van der Waals surface area (Å²) in [5, 5.41) is 0. The van der Waals surface area contributed by atoms with Gasteiger partial charge in [-0.1, -0.05) is 32.9 Å². The number of primary amides is 1. The van der Waals surface area contributed by atoms with Crippen molar-refractivity contribution in [2.24, 2.45) is 10.7 Å². The van der Waals surface area contributed by atoms with Crippen LogP contribution in [0.3, 0.4) is 0 Å². The zero-order chi connectivity index (χ0) is 11.9. The Labute approximate surface area is 95.4 Å². The molecule has 0 radical (unpaired) electrons. The highest BCUT2D eigenvalue weighted by Crippen LogP contribution is 2.27. The highest BCUT2D eigenvalue weighted by Gasteiger charge is 2.23. The van der Waals surface area contributed by atoms with Crippen LogP contribution in [0, 0.1) is 0 Å². The lowest BCUT2D eigenvalue weighted by atomic mass is 9.85. The van der Waals surface area contributed by atoms with Crippen LogP contribution >= 0.6 is 0 Å². The van der Waals surface area contributed by atoms with Crippen molar-refractivity contribution in [3.8, 4) is 0 Å². The van der Waals surface area contributed by atoms with Gasteiger partial charge in [-0.25, -0.2) is 0 Å². The lowest BCUT2D eigenvalue weighted by Crippen LogP contribution is -2.23. The molecule has 0 bridgehead atoms. The lowest BCUT2D eigenvalue weighted by Gasteiger charge is -2.20. The number of carbonyl (C=O) groups is 1. The molecule has 0 aromatic heterocycles. The van der Waals surface area contributed by atoms with Gasteiger partial charge in [0.1, 0.15) is 5.71 Å². The Morgan fingerprint density at radius 1 is 1.38 bits per heavy atom. The number of benzene rings is 1. The molecule has 1 heterocycles. The average molecular weight is 216 g/mol. The molecule has 3 heteroatoms. The topological polar surface area (TPSA) is 55.5 Å². The first-order chi connectivity index (χ1) is 7.39. The fourth-order valence-electron chi connectivity index (χ4n) is 1.86. The second-order valence-corrected chi connectivity index (χ2v) is 5.15. The molecule has 2 rings (SSSR count). The third-order valence-electron chi connectivity index (χ3n) is 2.87. The van der Waals surface area contributed by atoms with Crippen LogP contribution in [0.4, 0.5) is 0 Å². The second kappa shape index (κ2) is 3.44. The van der Waals surface area contributed by atoms with Crippen LogP contribution in [-0.4, -0.2) is 11.6 Å². The van der Waals surface area contributed by atoms with E-state index in [2.05, 4.69) is 31.8 Å². The van der Waals surface area contributed by atoms with E-state index in [4.69, 9.17) is 5.73 Å². The smallest absolute Gasteiger partial charge is 0.267 e. The molecule has 16 heavy (non-hydrogen) atoms. The maximum absolute atomic E-state index is 11.2. The van der Waals surface area contributed by atoms with E-state index >= 15 is 0 Å². The Hall–Kier alpha value is -1.64. The van der Waals surface area contributed by atoms with Crippen molar-refractivity contribution in [1.82, 2.24) is 0 Å². The molecule has 0 saturated heterocycles. The summed E-state index contributed by atoms with van der Waals surface area (Å²) < 4.78 is 0. The molecule has 1 aliphatic rings. The van der Waals surface area contributed by atoms with Gasteiger partial charge in [-0.05, 0) is 22.6 Å². The minimum Gasteiger partial charge on any atom is -0.364 e. The standard InChI is InChI=1S/C13H16N2O/c1-13(2,3)9-5-4-8-7-15-11(12(14)16)10(8)6-9/h4-6H,7H2,1-3H3,(H2,14,16). The zero-order valence-electron chi connectivity index (χ0n) is 9.87. The normalized spacial score (nSPS) is 14.6. The molecule has 0 aliphatic carbocycles. The van der Waals surface area contributed by atoms with Gasteiger partial charge in [0.05, 0.1) is 6.54 Å². The lowest BCUT2D eigenvalue weighted by molar-refractivity contribution is -0.111. The van der Waals surface area contributed by atoms with Gasteiger partial charge in [0.15, 0.2) is 0 Å². The SMILES string of the molecule is CC(C)(C)c1ccc2c(c1)C(C(N)=O)=NC2. The summed E-state index contributed by atoms with van der Waals surface area (Å²) in [6, 6.07) is 6.17. The van der Waals surface area contributed by atoms with Crippen LogP contribution in [0.1, 0.15) is 37.5 Å². The van der Waals surface area contributed by atoms with Gasteiger partial charge >= 0.3 is 0 Å². The first-order valence-corrected chi connectivity index (χ1v) is 5.37. The maximum atomic E-state index is 11.2. The first kappa shape index (κ1) is 10.9. The van der Waals surface area contributed by atoms with Crippen LogP contribution in [0.5, 0.6) is 0 Å². The van der Waals surface area contributed by atoms with E-state index in [1.54, 1.807) is 0 Å². The Kier molecular flexibility index (Phi) is 2.34. The molecular formula is C13H16N2O. The van der Waals surface area contributed by atoms with Crippen molar-refractivity contribution in [3.63, 3.8) is 0 Å². The molecular weight excluding hydrogens is 200 g/mol. The Morgan fingerprint density at radius 3 is 2.62 bits per heavy atom. The molecule has 1 aromatic carbocycles. The maximum Gasteiger partial charge on any atom is 0.267 e. The monoisotopic (exact) mass is 216 g/mol. The minimum absolute atomic E-state index is 0.0698. The van der Waals surface area contributed by atoms with Crippen LogP contribution in [0.25, 0.3) is 0 Å². The Morgan fingerprint density at radius 2 is 2.06 bits per heavy atom. The number of hydrogen-bond donors (Lipinski definition) is 1. The molecule has 84 valence electrons. The van der Waals surface area contributed by atoms with Crippen LogP contribution in [0.2, 0.25) is 0 Å². The van der Waals surface area contributed by atoms with E-state index in [0.29, 0.717) is 12.3 Å². The number of aliphatic imine (C=N–C) groups is 1. The molecule has 0 fully saturated rings. The highest BCUT2D eigenvalue weighted by molar-refractivity contribution is 6.45. The molecule has 1 aliphatic heterocycles. The summed E-state index contributed by atoms with van der Waals surface area (Å²) in [7, 11) is 0. The predicted molar refractivity (Wildman–Crippen MR) is 64.6 cm³/mol. The van der Waals surface area contributed by atoms with E-state index in [1.807, 2.05) is 12.1 Å². The van der Waals surface area contributed by atoms with E-state index in [0.717, 1.165) is 11.1 Å². The van der Waals surface area contributed by atoms with Crippen molar-refractivity contribution in [2.45, 2.75) is 32.7 Å². The molecule has 1 aromatic rings. The quantitative estimate of drug-likeness (QED) is 0.764. The zero-order valence-corrected chi connectivity index (χ0v) is 9.87. The van der Waals surface area contributed by atoms with Crippen LogP contribution in [-0.2, 0) is 16.8 Å². The summed E-state index contributed by atoms with van der Waals surface area (Å²) in [6.07, 6.45) is 0. The third-order valence-corrected chi connectivity index (χ3v) is 2.87. The van der Waals surface area contributed by atoms with Crippen LogP contribution < -0.4 is 5.73 Å².